The van der Waals surface area contributed by atoms with Crippen LogP contribution >= 0.6 is 12.4 Å². The van der Waals surface area contributed by atoms with Crippen molar-refractivity contribution >= 4 is 12.4 Å². The fraction of sp³-hybridized carbons (Fsp3) is 0.280. The first-order valence-electron chi connectivity index (χ1n) is 9.84. The van der Waals surface area contributed by atoms with E-state index in [2.05, 4.69) is 79.8 Å². The Bertz CT molecular complexity index is 876. The van der Waals surface area contributed by atoms with Crippen molar-refractivity contribution in [3.63, 3.8) is 0 Å². The molecule has 3 aromatic carbocycles. The van der Waals surface area contributed by atoms with Gasteiger partial charge in [0.1, 0.15) is 6.61 Å². The lowest BCUT2D eigenvalue weighted by atomic mass is 10.1. The summed E-state index contributed by atoms with van der Waals surface area (Å²) in [5.41, 5.74) is 6.15. The number of ether oxygens (including phenoxy) is 2. The molecule has 0 fully saturated rings. The molecule has 29 heavy (non-hydrogen) atoms. The molecule has 0 atom stereocenters. The first-order chi connectivity index (χ1) is 13.6. The molecular formula is C25H30ClNO2. The summed E-state index contributed by atoms with van der Waals surface area (Å²) in [4.78, 5) is 0. The molecule has 0 spiro atoms. The van der Waals surface area contributed by atoms with Crippen LogP contribution in [0.2, 0.25) is 0 Å². The minimum atomic E-state index is 0. The predicted octanol–water partition coefficient (Wildman–Crippen LogP) is 5.99. The molecule has 0 heterocycles. The molecule has 1 N–H and O–H groups in total. The molecule has 0 aliphatic rings. The van der Waals surface area contributed by atoms with Crippen LogP contribution in [0.5, 0.6) is 11.5 Å². The van der Waals surface area contributed by atoms with Gasteiger partial charge in [-0.1, -0.05) is 65.7 Å². The number of halogens is 1. The van der Waals surface area contributed by atoms with E-state index in [1.54, 1.807) is 0 Å². The lowest BCUT2D eigenvalue weighted by Crippen LogP contribution is -2.13. The van der Waals surface area contributed by atoms with Gasteiger partial charge in [-0.05, 0) is 49.6 Å². The van der Waals surface area contributed by atoms with Gasteiger partial charge >= 0.3 is 0 Å². The maximum absolute atomic E-state index is 6.01. The van der Waals surface area contributed by atoms with Gasteiger partial charge < -0.3 is 14.8 Å². The third-order valence-corrected chi connectivity index (χ3v) is 4.60. The van der Waals surface area contributed by atoms with E-state index in [1.165, 1.54) is 22.3 Å². The Balaban J connectivity index is 0.00000300. The Morgan fingerprint density at radius 1 is 0.655 bits per heavy atom. The molecule has 0 radical (unpaired) electrons. The second-order valence-electron chi connectivity index (χ2n) is 7.08. The van der Waals surface area contributed by atoms with Crippen molar-refractivity contribution in [1.29, 1.82) is 0 Å². The Kier molecular flexibility index (Phi) is 9.04. The second-order valence-corrected chi connectivity index (χ2v) is 7.08. The van der Waals surface area contributed by atoms with Crippen molar-refractivity contribution in [3.8, 4) is 11.5 Å². The van der Waals surface area contributed by atoms with Gasteiger partial charge in [0.2, 0.25) is 0 Å². The highest BCUT2D eigenvalue weighted by molar-refractivity contribution is 5.85. The van der Waals surface area contributed by atoms with Crippen LogP contribution in [0, 0.1) is 13.8 Å². The Labute approximate surface area is 180 Å². The van der Waals surface area contributed by atoms with Crippen molar-refractivity contribution in [2.45, 2.75) is 40.5 Å². The van der Waals surface area contributed by atoms with Gasteiger partial charge in [-0.15, -0.1) is 12.4 Å². The zero-order valence-corrected chi connectivity index (χ0v) is 18.2. The van der Waals surface area contributed by atoms with Gasteiger partial charge in [0, 0.05) is 13.1 Å². The van der Waals surface area contributed by atoms with Crippen LogP contribution in [0.4, 0.5) is 0 Å². The van der Waals surface area contributed by atoms with Crippen molar-refractivity contribution in [2.24, 2.45) is 0 Å². The molecule has 0 unspecified atom stereocenters. The van der Waals surface area contributed by atoms with E-state index < -0.39 is 0 Å². The summed E-state index contributed by atoms with van der Waals surface area (Å²) in [6.07, 6.45) is 0. The highest BCUT2D eigenvalue weighted by Gasteiger charge is 2.07. The summed E-state index contributed by atoms with van der Waals surface area (Å²) in [7, 11) is 0. The van der Waals surface area contributed by atoms with Gasteiger partial charge in [-0.2, -0.15) is 0 Å². The van der Waals surface area contributed by atoms with E-state index in [9.17, 15) is 0 Å². The van der Waals surface area contributed by atoms with Crippen molar-refractivity contribution in [1.82, 2.24) is 5.32 Å². The van der Waals surface area contributed by atoms with Gasteiger partial charge in [0.25, 0.3) is 0 Å². The number of aryl methyl sites for hydroxylation is 2. The molecule has 3 aromatic rings. The average Bonchev–Trinajstić information content (AvgIpc) is 2.70. The standard InChI is InChI=1S/C25H29NO2.ClH/c1-4-27-25-15-23(17-26-16-21-9-5-19(2)6-10-21)13-14-24(25)28-18-22-11-7-20(3)8-12-22;/h5-15,26H,4,16-18H2,1-3H3;1H. The second kappa shape index (κ2) is 11.5. The van der Waals surface area contributed by atoms with Gasteiger partial charge in [-0.25, -0.2) is 0 Å². The van der Waals surface area contributed by atoms with Gasteiger partial charge in [-0.3, -0.25) is 0 Å². The normalized spacial score (nSPS) is 10.3. The molecule has 0 saturated carbocycles. The fourth-order valence-electron chi connectivity index (χ4n) is 2.95. The van der Waals surface area contributed by atoms with E-state index in [0.29, 0.717) is 13.2 Å². The van der Waals surface area contributed by atoms with Gasteiger partial charge in [0.15, 0.2) is 11.5 Å². The lowest BCUT2D eigenvalue weighted by molar-refractivity contribution is 0.269. The SMILES string of the molecule is CCOc1cc(CNCc2ccc(C)cc2)ccc1OCc1ccc(C)cc1.Cl. The molecule has 0 aromatic heterocycles. The summed E-state index contributed by atoms with van der Waals surface area (Å²) < 4.78 is 11.8. The minimum absolute atomic E-state index is 0. The van der Waals surface area contributed by atoms with Crippen molar-refractivity contribution in [2.75, 3.05) is 6.61 Å². The molecule has 4 heteroatoms. The number of nitrogens with one attached hydrogen (secondary N) is 1. The Morgan fingerprint density at radius 2 is 1.21 bits per heavy atom. The summed E-state index contributed by atoms with van der Waals surface area (Å²) in [5.74, 6) is 1.58. The topological polar surface area (TPSA) is 30.5 Å². The number of hydrogen-bond acceptors (Lipinski definition) is 3. The molecule has 154 valence electrons. The maximum Gasteiger partial charge on any atom is 0.161 e. The van der Waals surface area contributed by atoms with E-state index in [0.717, 1.165) is 30.2 Å². The maximum atomic E-state index is 6.01. The van der Waals surface area contributed by atoms with E-state index in [4.69, 9.17) is 9.47 Å². The highest BCUT2D eigenvalue weighted by Crippen LogP contribution is 2.29. The molecular weight excluding hydrogens is 382 g/mol. The number of hydrogen-bond donors (Lipinski definition) is 1. The van der Waals surface area contributed by atoms with E-state index in [-0.39, 0.29) is 12.4 Å². The zero-order valence-electron chi connectivity index (χ0n) is 17.4. The van der Waals surface area contributed by atoms with E-state index >= 15 is 0 Å². The highest BCUT2D eigenvalue weighted by atomic mass is 35.5. The first kappa shape index (κ1) is 22.8. The number of benzene rings is 3. The monoisotopic (exact) mass is 411 g/mol. The third kappa shape index (κ3) is 7.12. The molecule has 3 rings (SSSR count). The summed E-state index contributed by atoms with van der Waals surface area (Å²) >= 11 is 0. The van der Waals surface area contributed by atoms with Crippen molar-refractivity contribution in [3.05, 3.63) is 94.5 Å². The molecule has 0 saturated heterocycles. The Hall–Kier alpha value is -2.49. The smallest absolute Gasteiger partial charge is 0.161 e. The molecule has 0 aliphatic heterocycles. The van der Waals surface area contributed by atoms with Crippen LogP contribution in [-0.2, 0) is 19.7 Å². The zero-order chi connectivity index (χ0) is 19.8. The molecule has 0 aliphatic carbocycles. The largest absolute Gasteiger partial charge is 0.490 e. The molecule has 3 nitrogen and oxygen atoms in total. The van der Waals surface area contributed by atoms with Crippen molar-refractivity contribution < 1.29 is 9.47 Å². The van der Waals surface area contributed by atoms with E-state index in [1.807, 2.05) is 13.0 Å². The first-order valence-corrected chi connectivity index (χ1v) is 9.84. The summed E-state index contributed by atoms with van der Waals surface area (Å²) in [5, 5.41) is 3.49. The predicted molar refractivity (Wildman–Crippen MR) is 122 cm³/mol. The van der Waals surface area contributed by atoms with Crippen LogP contribution in [0.3, 0.4) is 0 Å². The van der Waals surface area contributed by atoms with Crippen LogP contribution in [0.1, 0.15) is 34.7 Å². The number of rotatable bonds is 9. The van der Waals surface area contributed by atoms with Gasteiger partial charge in [0.05, 0.1) is 6.61 Å². The van der Waals surface area contributed by atoms with Crippen LogP contribution < -0.4 is 14.8 Å². The molecule has 0 amide bonds. The lowest BCUT2D eigenvalue weighted by Gasteiger charge is -2.14. The Morgan fingerprint density at radius 3 is 1.83 bits per heavy atom. The van der Waals surface area contributed by atoms with Crippen LogP contribution in [0.15, 0.2) is 66.7 Å². The minimum Gasteiger partial charge on any atom is -0.490 e. The molecule has 0 bridgehead atoms. The quantitative estimate of drug-likeness (QED) is 0.469. The fourth-order valence-corrected chi connectivity index (χ4v) is 2.95. The summed E-state index contributed by atoms with van der Waals surface area (Å²) in [6.45, 7) is 8.96. The third-order valence-electron chi connectivity index (χ3n) is 4.60. The average molecular weight is 412 g/mol. The van der Waals surface area contributed by atoms with Crippen LogP contribution in [0.25, 0.3) is 0 Å². The van der Waals surface area contributed by atoms with Crippen LogP contribution in [-0.4, -0.2) is 6.61 Å². The summed E-state index contributed by atoms with van der Waals surface area (Å²) in [6, 6.07) is 23.2.